The molecule has 0 unspecified atom stereocenters. The van der Waals surface area contributed by atoms with Gasteiger partial charge in [0.2, 0.25) is 0 Å². The minimum absolute atomic E-state index is 0.0839. The Labute approximate surface area is 269 Å². The van der Waals surface area contributed by atoms with Gasteiger partial charge in [-0.2, -0.15) is 0 Å². The zero-order valence-electron chi connectivity index (χ0n) is 25.8. The average Bonchev–Trinajstić information content (AvgIpc) is 2.95. The number of halogens is 2. The molecule has 0 aromatic heterocycles. The van der Waals surface area contributed by atoms with Crippen LogP contribution in [0.1, 0.15) is 152 Å². The molecule has 0 spiro atoms. The molecular weight excluding hydrogens is 632 g/mol. The Bertz CT molecular complexity index is 863. The molecule has 0 radical (unpaired) electrons. The molecule has 0 amide bonds. The summed E-state index contributed by atoms with van der Waals surface area (Å²) in [6.07, 6.45) is 31.5. The van der Waals surface area contributed by atoms with Gasteiger partial charge < -0.3 is 4.74 Å². The van der Waals surface area contributed by atoms with Crippen LogP contribution in [0.25, 0.3) is 0 Å². The van der Waals surface area contributed by atoms with Gasteiger partial charge in [0.05, 0.1) is 11.2 Å². The Balaban J connectivity index is 1.68. The molecule has 0 aliphatic heterocycles. The standard InChI is InChI=1S/C38H56Br2O/c39-35-23-19-33(20-24-35)31-37(27-15-11-7-3-1-4-8-12-16-28-37)41-38(32-34-21-25-36(40)26-22-34)29-17-13-9-5-2-6-10-14-18-30-38/h19-26H,1-18,27-32H2. The third kappa shape index (κ3) is 12.1. The topological polar surface area (TPSA) is 9.23 Å². The molecule has 4 rings (SSSR count). The fourth-order valence-electron chi connectivity index (χ4n) is 7.55. The van der Waals surface area contributed by atoms with Crippen LogP contribution < -0.4 is 0 Å². The molecule has 3 heteroatoms. The highest BCUT2D eigenvalue weighted by atomic mass is 79.9. The average molecular weight is 689 g/mol. The van der Waals surface area contributed by atoms with E-state index in [-0.39, 0.29) is 11.2 Å². The maximum Gasteiger partial charge on any atom is 0.0730 e. The van der Waals surface area contributed by atoms with E-state index in [4.69, 9.17) is 4.74 Å². The second-order valence-corrected chi connectivity index (χ2v) is 15.3. The van der Waals surface area contributed by atoms with Crippen molar-refractivity contribution in [1.82, 2.24) is 0 Å². The third-order valence-corrected chi connectivity index (χ3v) is 10.9. The van der Waals surface area contributed by atoms with Crippen molar-refractivity contribution in [2.75, 3.05) is 0 Å². The van der Waals surface area contributed by atoms with E-state index in [1.807, 2.05) is 0 Å². The Kier molecular flexibility index (Phi) is 14.8. The van der Waals surface area contributed by atoms with E-state index in [1.165, 1.54) is 161 Å². The molecule has 0 atom stereocenters. The molecule has 2 aliphatic carbocycles. The second kappa shape index (κ2) is 18.2. The minimum Gasteiger partial charge on any atom is -0.368 e. The van der Waals surface area contributed by atoms with Gasteiger partial charge in [-0.3, -0.25) is 0 Å². The number of ether oxygens (including phenoxy) is 1. The molecule has 41 heavy (non-hydrogen) atoms. The van der Waals surface area contributed by atoms with Crippen LogP contribution in [0.2, 0.25) is 0 Å². The zero-order chi connectivity index (χ0) is 28.6. The molecule has 2 aromatic carbocycles. The van der Waals surface area contributed by atoms with Gasteiger partial charge in [-0.05, 0) is 61.1 Å². The van der Waals surface area contributed by atoms with Crippen LogP contribution in [0, 0.1) is 0 Å². The predicted molar refractivity (Wildman–Crippen MR) is 184 cm³/mol. The van der Waals surface area contributed by atoms with Crippen molar-refractivity contribution in [3.05, 3.63) is 68.6 Å². The van der Waals surface area contributed by atoms with Gasteiger partial charge in [-0.1, -0.05) is 172 Å². The summed E-state index contributed by atoms with van der Waals surface area (Å²) >= 11 is 7.36. The highest BCUT2D eigenvalue weighted by molar-refractivity contribution is 9.10. The number of hydrogen-bond donors (Lipinski definition) is 0. The van der Waals surface area contributed by atoms with E-state index in [0.29, 0.717) is 0 Å². The first-order valence-corrected chi connectivity index (χ1v) is 18.8. The van der Waals surface area contributed by atoms with Gasteiger partial charge in [-0.25, -0.2) is 0 Å². The molecule has 2 aromatic rings. The van der Waals surface area contributed by atoms with Crippen molar-refractivity contribution < 1.29 is 4.74 Å². The van der Waals surface area contributed by atoms with E-state index < -0.39 is 0 Å². The molecule has 2 fully saturated rings. The van der Waals surface area contributed by atoms with E-state index in [0.717, 1.165) is 12.8 Å². The first-order valence-electron chi connectivity index (χ1n) is 17.3. The molecule has 0 heterocycles. The summed E-state index contributed by atoms with van der Waals surface area (Å²) in [7, 11) is 0. The molecular formula is C38H56Br2O. The quantitative estimate of drug-likeness (QED) is 0.294. The smallest absolute Gasteiger partial charge is 0.0730 e. The van der Waals surface area contributed by atoms with Gasteiger partial charge in [0, 0.05) is 21.8 Å². The SMILES string of the molecule is Brc1ccc(CC2(OC3(Cc4ccc(Br)cc4)CCCCCCCCCCC3)CCCCCCCCCCC2)cc1. The highest BCUT2D eigenvalue weighted by Gasteiger charge is 2.41. The zero-order valence-corrected chi connectivity index (χ0v) is 28.9. The van der Waals surface area contributed by atoms with Gasteiger partial charge in [0.1, 0.15) is 0 Å². The first kappa shape index (κ1) is 33.3. The van der Waals surface area contributed by atoms with Crippen molar-refractivity contribution in [1.29, 1.82) is 0 Å². The fourth-order valence-corrected chi connectivity index (χ4v) is 8.08. The molecule has 0 N–H and O–H groups in total. The first-order chi connectivity index (χ1) is 20.1. The number of rotatable bonds is 6. The van der Waals surface area contributed by atoms with Crippen molar-refractivity contribution in [3.63, 3.8) is 0 Å². The van der Waals surface area contributed by atoms with Gasteiger partial charge in [0.25, 0.3) is 0 Å². The Hall–Kier alpha value is -0.640. The van der Waals surface area contributed by atoms with Gasteiger partial charge in [-0.15, -0.1) is 0 Å². The summed E-state index contributed by atoms with van der Waals surface area (Å²) in [4.78, 5) is 0. The number of hydrogen-bond acceptors (Lipinski definition) is 1. The highest BCUT2D eigenvalue weighted by Crippen LogP contribution is 2.42. The maximum atomic E-state index is 7.96. The van der Waals surface area contributed by atoms with Gasteiger partial charge >= 0.3 is 0 Å². The Morgan fingerprint density at radius 1 is 0.390 bits per heavy atom. The van der Waals surface area contributed by atoms with Crippen LogP contribution in [0.3, 0.4) is 0 Å². The molecule has 0 bridgehead atoms. The van der Waals surface area contributed by atoms with Crippen molar-refractivity contribution in [3.8, 4) is 0 Å². The molecule has 0 saturated heterocycles. The third-order valence-electron chi connectivity index (χ3n) is 9.84. The van der Waals surface area contributed by atoms with E-state index in [1.54, 1.807) is 0 Å². The summed E-state index contributed by atoms with van der Waals surface area (Å²) in [6, 6.07) is 18.3. The van der Waals surface area contributed by atoms with Crippen LogP contribution in [0.15, 0.2) is 57.5 Å². The minimum atomic E-state index is -0.0839. The lowest BCUT2D eigenvalue weighted by Gasteiger charge is -2.46. The molecule has 228 valence electrons. The van der Waals surface area contributed by atoms with E-state index in [2.05, 4.69) is 80.4 Å². The summed E-state index contributed by atoms with van der Waals surface area (Å²) in [5, 5.41) is 0. The lowest BCUT2D eigenvalue weighted by atomic mass is 9.79. The fraction of sp³-hybridized carbons (Fsp3) is 0.684. The Morgan fingerprint density at radius 3 is 0.902 bits per heavy atom. The van der Waals surface area contributed by atoms with Crippen LogP contribution in [0.4, 0.5) is 0 Å². The summed E-state index contributed by atoms with van der Waals surface area (Å²) < 4.78 is 10.3. The maximum absolute atomic E-state index is 7.96. The second-order valence-electron chi connectivity index (χ2n) is 13.4. The monoisotopic (exact) mass is 686 g/mol. The summed E-state index contributed by atoms with van der Waals surface area (Å²) in [5.74, 6) is 0. The van der Waals surface area contributed by atoms with Crippen LogP contribution in [0.5, 0.6) is 0 Å². The normalized spacial score (nSPS) is 21.9. The van der Waals surface area contributed by atoms with Crippen molar-refractivity contribution >= 4 is 31.9 Å². The molecule has 2 saturated carbocycles. The van der Waals surface area contributed by atoms with Crippen molar-refractivity contribution in [2.24, 2.45) is 0 Å². The summed E-state index contributed by atoms with van der Waals surface area (Å²) in [6.45, 7) is 0. The molecule has 1 nitrogen and oxygen atoms in total. The lowest BCUT2D eigenvalue weighted by Crippen LogP contribution is -2.48. The van der Waals surface area contributed by atoms with Gasteiger partial charge in [0.15, 0.2) is 0 Å². The van der Waals surface area contributed by atoms with Crippen molar-refractivity contribution in [2.45, 2.75) is 165 Å². The van der Waals surface area contributed by atoms with Crippen LogP contribution in [-0.2, 0) is 17.6 Å². The van der Waals surface area contributed by atoms with E-state index >= 15 is 0 Å². The van der Waals surface area contributed by atoms with E-state index in [9.17, 15) is 0 Å². The van der Waals surface area contributed by atoms with Crippen LogP contribution >= 0.6 is 31.9 Å². The predicted octanol–water partition coefficient (Wildman–Crippen LogP) is 13.1. The van der Waals surface area contributed by atoms with Crippen LogP contribution in [-0.4, -0.2) is 11.2 Å². The molecule has 2 aliphatic rings. The lowest BCUT2D eigenvalue weighted by molar-refractivity contribution is -0.174. The Morgan fingerprint density at radius 2 is 0.634 bits per heavy atom. The largest absolute Gasteiger partial charge is 0.368 e. The summed E-state index contributed by atoms with van der Waals surface area (Å²) in [5.41, 5.74) is 2.71. The number of benzene rings is 2.